The van der Waals surface area contributed by atoms with E-state index in [0.29, 0.717) is 13.0 Å². The SMILES string of the molecule is CC(CN1C(=O)Cc2cc(CCN)ccc21)C(=O)O. The molecule has 0 fully saturated rings. The molecule has 1 atom stereocenters. The van der Waals surface area contributed by atoms with Gasteiger partial charge in [-0.05, 0) is 30.2 Å². The third-order valence-corrected chi connectivity index (χ3v) is 3.39. The summed E-state index contributed by atoms with van der Waals surface area (Å²) >= 11 is 0. The molecule has 3 N–H and O–H groups in total. The summed E-state index contributed by atoms with van der Waals surface area (Å²) in [7, 11) is 0. The average molecular weight is 262 g/mol. The van der Waals surface area contributed by atoms with Gasteiger partial charge < -0.3 is 15.7 Å². The van der Waals surface area contributed by atoms with Crippen LogP contribution in [0.4, 0.5) is 5.69 Å². The Morgan fingerprint density at radius 1 is 1.53 bits per heavy atom. The molecule has 0 bridgehead atoms. The molecule has 1 aliphatic rings. The Labute approximate surface area is 112 Å². The summed E-state index contributed by atoms with van der Waals surface area (Å²) in [6.07, 6.45) is 1.13. The number of carbonyl (C=O) groups is 2. The molecule has 1 amide bonds. The number of anilines is 1. The lowest BCUT2D eigenvalue weighted by molar-refractivity contribution is -0.140. The largest absolute Gasteiger partial charge is 0.481 e. The first-order chi connectivity index (χ1) is 9.02. The van der Waals surface area contributed by atoms with Crippen LogP contribution in [-0.4, -0.2) is 30.1 Å². The molecule has 0 saturated heterocycles. The van der Waals surface area contributed by atoms with Crippen molar-refractivity contribution in [2.45, 2.75) is 19.8 Å². The van der Waals surface area contributed by atoms with Crippen molar-refractivity contribution in [3.05, 3.63) is 29.3 Å². The standard InChI is InChI=1S/C14H18N2O3/c1-9(14(18)19)8-16-12-3-2-10(4-5-15)6-11(12)7-13(16)17/h2-3,6,9H,4-5,7-8,15H2,1H3,(H,18,19). The summed E-state index contributed by atoms with van der Waals surface area (Å²) in [5.74, 6) is -1.49. The van der Waals surface area contributed by atoms with Gasteiger partial charge in [0.2, 0.25) is 5.91 Å². The van der Waals surface area contributed by atoms with Crippen LogP contribution in [0.15, 0.2) is 18.2 Å². The minimum absolute atomic E-state index is 0.0343. The van der Waals surface area contributed by atoms with Gasteiger partial charge in [-0.1, -0.05) is 19.1 Å². The quantitative estimate of drug-likeness (QED) is 0.822. The summed E-state index contributed by atoms with van der Waals surface area (Å²) in [6.45, 7) is 2.40. The molecule has 1 aromatic rings. The number of amides is 1. The van der Waals surface area contributed by atoms with E-state index in [1.165, 1.54) is 0 Å². The molecule has 5 heteroatoms. The van der Waals surface area contributed by atoms with Gasteiger partial charge >= 0.3 is 5.97 Å². The average Bonchev–Trinajstić information content (AvgIpc) is 2.65. The van der Waals surface area contributed by atoms with Crippen molar-refractivity contribution in [3.63, 3.8) is 0 Å². The van der Waals surface area contributed by atoms with Gasteiger partial charge in [0.1, 0.15) is 0 Å². The van der Waals surface area contributed by atoms with E-state index in [0.717, 1.165) is 23.2 Å². The lowest BCUT2D eigenvalue weighted by Crippen LogP contribution is -2.34. The van der Waals surface area contributed by atoms with Crippen molar-refractivity contribution in [2.75, 3.05) is 18.0 Å². The van der Waals surface area contributed by atoms with Crippen LogP contribution >= 0.6 is 0 Å². The molecular formula is C14H18N2O3. The molecule has 5 nitrogen and oxygen atoms in total. The Hall–Kier alpha value is -1.88. The molecule has 0 spiro atoms. The van der Waals surface area contributed by atoms with Gasteiger partial charge in [0.15, 0.2) is 0 Å². The van der Waals surface area contributed by atoms with Crippen LogP contribution < -0.4 is 10.6 Å². The molecule has 1 aromatic carbocycles. The Bertz CT molecular complexity index is 513. The summed E-state index contributed by atoms with van der Waals surface area (Å²) in [5, 5.41) is 8.94. The summed E-state index contributed by atoms with van der Waals surface area (Å²) in [5.41, 5.74) is 8.43. The summed E-state index contributed by atoms with van der Waals surface area (Å²) in [6, 6.07) is 5.83. The number of hydrogen-bond acceptors (Lipinski definition) is 3. The normalized spacial score (nSPS) is 15.5. The van der Waals surface area contributed by atoms with E-state index in [1.54, 1.807) is 11.8 Å². The molecule has 0 aliphatic carbocycles. The maximum Gasteiger partial charge on any atom is 0.308 e. The number of nitrogens with zero attached hydrogens (tertiary/aromatic N) is 1. The maximum atomic E-state index is 12.0. The zero-order valence-electron chi connectivity index (χ0n) is 10.9. The number of nitrogens with two attached hydrogens (primary N) is 1. The van der Waals surface area contributed by atoms with Crippen molar-refractivity contribution >= 4 is 17.6 Å². The van der Waals surface area contributed by atoms with Gasteiger partial charge in [-0.25, -0.2) is 0 Å². The fraction of sp³-hybridized carbons (Fsp3) is 0.429. The van der Waals surface area contributed by atoms with Crippen molar-refractivity contribution in [3.8, 4) is 0 Å². The van der Waals surface area contributed by atoms with Crippen molar-refractivity contribution in [1.82, 2.24) is 0 Å². The lowest BCUT2D eigenvalue weighted by Gasteiger charge is -2.20. The second kappa shape index (κ2) is 5.40. The molecule has 102 valence electrons. The highest BCUT2D eigenvalue weighted by Crippen LogP contribution is 2.30. The zero-order chi connectivity index (χ0) is 14.0. The van der Waals surface area contributed by atoms with Crippen LogP contribution in [0.25, 0.3) is 0 Å². The highest BCUT2D eigenvalue weighted by Gasteiger charge is 2.29. The van der Waals surface area contributed by atoms with Gasteiger partial charge in [-0.15, -0.1) is 0 Å². The minimum Gasteiger partial charge on any atom is -0.481 e. The van der Waals surface area contributed by atoms with E-state index in [-0.39, 0.29) is 12.5 Å². The predicted molar refractivity (Wildman–Crippen MR) is 72.1 cm³/mol. The molecule has 0 aromatic heterocycles. The van der Waals surface area contributed by atoms with Gasteiger partial charge in [0.05, 0.1) is 12.3 Å². The van der Waals surface area contributed by atoms with Crippen molar-refractivity contribution in [1.29, 1.82) is 0 Å². The fourth-order valence-electron chi connectivity index (χ4n) is 2.31. The zero-order valence-corrected chi connectivity index (χ0v) is 10.9. The third kappa shape index (κ3) is 2.76. The number of hydrogen-bond donors (Lipinski definition) is 2. The molecule has 0 radical (unpaired) electrons. The van der Waals surface area contributed by atoms with Crippen molar-refractivity contribution < 1.29 is 14.7 Å². The number of aliphatic carboxylic acids is 1. The van der Waals surface area contributed by atoms with Crippen molar-refractivity contribution in [2.24, 2.45) is 11.7 Å². The van der Waals surface area contributed by atoms with Crippen LogP contribution in [0, 0.1) is 5.92 Å². The second-order valence-corrected chi connectivity index (χ2v) is 4.92. The van der Waals surface area contributed by atoms with Gasteiger partial charge in [0, 0.05) is 12.2 Å². The Morgan fingerprint density at radius 2 is 2.26 bits per heavy atom. The number of carboxylic acid groups (broad SMARTS) is 1. The van der Waals surface area contributed by atoms with Crippen LogP contribution in [-0.2, 0) is 22.4 Å². The second-order valence-electron chi connectivity index (χ2n) is 4.92. The van der Waals surface area contributed by atoms with Crippen LogP contribution in [0.3, 0.4) is 0 Å². The highest BCUT2D eigenvalue weighted by molar-refractivity contribution is 6.01. The number of fused-ring (bicyclic) bond motifs is 1. The number of rotatable bonds is 5. The molecular weight excluding hydrogens is 244 g/mol. The molecule has 1 unspecified atom stereocenters. The van der Waals surface area contributed by atoms with Gasteiger partial charge in [-0.3, -0.25) is 9.59 Å². The van der Waals surface area contributed by atoms with E-state index >= 15 is 0 Å². The smallest absolute Gasteiger partial charge is 0.308 e. The Kier molecular flexibility index (Phi) is 3.85. The summed E-state index contributed by atoms with van der Waals surface area (Å²) < 4.78 is 0. The first kappa shape index (κ1) is 13.5. The monoisotopic (exact) mass is 262 g/mol. The molecule has 2 rings (SSSR count). The number of carboxylic acids is 1. The topological polar surface area (TPSA) is 83.6 Å². The number of carbonyl (C=O) groups excluding carboxylic acids is 1. The van der Waals surface area contributed by atoms with Crippen LogP contribution in [0.1, 0.15) is 18.1 Å². The van der Waals surface area contributed by atoms with Crippen LogP contribution in [0.5, 0.6) is 0 Å². The predicted octanol–water partition coefficient (Wildman–Crippen LogP) is 0.798. The fourth-order valence-corrected chi connectivity index (χ4v) is 2.31. The van der Waals surface area contributed by atoms with E-state index in [9.17, 15) is 9.59 Å². The Balaban J connectivity index is 2.22. The lowest BCUT2D eigenvalue weighted by atomic mass is 10.1. The first-order valence-corrected chi connectivity index (χ1v) is 6.38. The van der Waals surface area contributed by atoms with E-state index in [4.69, 9.17) is 10.8 Å². The molecule has 19 heavy (non-hydrogen) atoms. The van der Waals surface area contributed by atoms with E-state index < -0.39 is 11.9 Å². The van der Waals surface area contributed by atoms with Gasteiger partial charge in [-0.2, -0.15) is 0 Å². The maximum absolute atomic E-state index is 12.0. The van der Waals surface area contributed by atoms with Crippen LogP contribution in [0.2, 0.25) is 0 Å². The Morgan fingerprint density at radius 3 is 2.89 bits per heavy atom. The third-order valence-electron chi connectivity index (χ3n) is 3.39. The van der Waals surface area contributed by atoms with Gasteiger partial charge in [0.25, 0.3) is 0 Å². The van der Waals surface area contributed by atoms with E-state index in [1.807, 2.05) is 18.2 Å². The number of benzene rings is 1. The van der Waals surface area contributed by atoms with E-state index in [2.05, 4.69) is 0 Å². The highest BCUT2D eigenvalue weighted by atomic mass is 16.4. The minimum atomic E-state index is -0.888. The molecule has 1 aliphatic heterocycles. The molecule has 0 saturated carbocycles. The summed E-state index contributed by atoms with van der Waals surface area (Å²) in [4.78, 5) is 24.4. The first-order valence-electron chi connectivity index (χ1n) is 6.38. The molecule has 1 heterocycles.